The molecule has 134 valence electrons. The number of nitrogens with one attached hydrogen (secondary N) is 1. The molecule has 0 bridgehead atoms. The number of ether oxygens (including phenoxy) is 1. The lowest BCUT2D eigenvalue weighted by molar-refractivity contribution is 0.201. The monoisotopic (exact) mass is 343 g/mol. The number of methoxy groups -OCH3 is 1. The number of likely N-dealkylation sites (tertiary alicyclic amines) is 1. The summed E-state index contributed by atoms with van der Waals surface area (Å²) in [7, 11) is 1.68. The molecule has 1 aliphatic heterocycles. The van der Waals surface area contributed by atoms with Crippen LogP contribution in [0.2, 0.25) is 0 Å². The maximum Gasteiger partial charge on any atom is 0.244 e. The second-order valence-electron chi connectivity index (χ2n) is 6.87. The summed E-state index contributed by atoms with van der Waals surface area (Å²) in [6, 6.07) is 4.12. The molecule has 2 aromatic rings. The van der Waals surface area contributed by atoms with Crippen molar-refractivity contribution in [3.8, 4) is 11.4 Å². The molecule has 2 aromatic heterocycles. The Kier molecular flexibility index (Phi) is 4.94. The van der Waals surface area contributed by atoms with E-state index in [0.717, 1.165) is 36.2 Å². The summed E-state index contributed by atoms with van der Waals surface area (Å²) in [5.41, 5.74) is 0.861. The maximum absolute atomic E-state index is 5.63. The van der Waals surface area contributed by atoms with E-state index in [1.807, 2.05) is 12.1 Å². The van der Waals surface area contributed by atoms with Crippen LogP contribution in [0.25, 0.3) is 11.4 Å². The van der Waals surface area contributed by atoms with Crippen LogP contribution in [0, 0.1) is 5.92 Å². The molecule has 1 saturated carbocycles. The fourth-order valence-corrected chi connectivity index (χ4v) is 3.43. The smallest absolute Gasteiger partial charge is 0.244 e. The molecule has 25 heavy (non-hydrogen) atoms. The van der Waals surface area contributed by atoms with Gasteiger partial charge in [0.2, 0.25) is 11.7 Å². The minimum absolute atomic E-state index is 0.267. The van der Waals surface area contributed by atoms with E-state index >= 15 is 0 Å². The molecule has 0 unspecified atom stereocenters. The zero-order valence-corrected chi connectivity index (χ0v) is 14.6. The Hall–Kier alpha value is -1.99. The van der Waals surface area contributed by atoms with Gasteiger partial charge >= 0.3 is 0 Å². The van der Waals surface area contributed by atoms with Gasteiger partial charge in [0.05, 0.1) is 18.2 Å². The van der Waals surface area contributed by atoms with Crippen molar-refractivity contribution < 1.29 is 9.26 Å². The van der Waals surface area contributed by atoms with Gasteiger partial charge in [-0.3, -0.25) is 4.90 Å². The highest BCUT2D eigenvalue weighted by atomic mass is 16.5. The van der Waals surface area contributed by atoms with Gasteiger partial charge in [-0.1, -0.05) is 5.16 Å². The normalized spacial score (nSPS) is 20.9. The summed E-state index contributed by atoms with van der Waals surface area (Å²) in [4.78, 5) is 11.6. The Bertz CT molecular complexity index is 700. The van der Waals surface area contributed by atoms with Crippen molar-refractivity contribution in [2.24, 2.45) is 5.92 Å². The summed E-state index contributed by atoms with van der Waals surface area (Å²) in [5, 5.41) is 7.49. The second kappa shape index (κ2) is 7.49. The van der Waals surface area contributed by atoms with Gasteiger partial charge in [-0.2, -0.15) is 4.98 Å². The van der Waals surface area contributed by atoms with E-state index in [1.54, 1.807) is 13.3 Å². The fourth-order valence-electron chi connectivity index (χ4n) is 3.43. The summed E-state index contributed by atoms with van der Waals surface area (Å²) in [5.74, 6) is 2.96. The molecule has 1 N–H and O–H groups in total. The Balaban J connectivity index is 1.51. The third-order valence-corrected chi connectivity index (χ3v) is 4.93. The zero-order valence-electron chi connectivity index (χ0n) is 14.6. The van der Waals surface area contributed by atoms with Crippen LogP contribution in [0.5, 0.6) is 0 Å². The third-order valence-electron chi connectivity index (χ3n) is 4.93. The van der Waals surface area contributed by atoms with Crippen molar-refractivity contribution in [3.05, 3.63) is 24.2 Å². The van der Waals surface area contributed by atoms with Crippen LogP contribution in [0.3, 0.4) is 0 Å². The summed E-state index contributed by atoms with van der Waals surface area (Å²) < 4.78 is 10.7. The summed E-state index contributed by atoms with van der Waals surface area (Å²) >= 11 is 0. The quantitative estimate of drug-likeness (QED) is 0.739. The van der Waals surface area contributed by atoms with Crippen LogP contribution >= 0.6 is 0 Å². The average Bonchev–Trinajstić information content (AvgIpc) is 3.12. The third kappa shape index (κ3) is 3.82. The number of rotatable bonds is 8. The molecule has 4 rings (SSSR count). The maximum atomic E-state index is 5.63. The molecular weight excluding hydrogens is 318 g/mol. The van der Waals surface area contributed by atoms with Crippen molar-refractivity contribution in [1.29, 1.82) is 0 Å². The van der Waals surface area contributed by atoms with Crippen LogP contribution in [-0.2, 0) is 4.74 Å². The first-order chi connectivity index (χ1) is 12.3. The van der Waals surface area contributed by atoms with Crippen LogP contribution < -0.4 is 5.32 Å². The van der Waals surface area contributed by atoms with Crippen molar-refractivity contribution in [3.63, 3.8) is 0 Å². The van der Waals surface area contributed by atoms with Crippen molar-refractivity contribution in [2.75, 3.05) is 38.7 Å². The number of aromatic nitrogens is 3. The number of pyridine rings is 1. The highest BCUT2D eigenvalue weighted by molar-refractivity contribution is 5.69. The van der Waals surface area contributed by atoms with Gasteiger partial charge in [0.1, 0.15) is 5.82 Å². The van der Waals surface area contributed by atoms with Crippen LogP contribution in [0.1, 0.15) is 37.6 Å². The van der Waals surface area contributed by atoms with Gasteiger partial charge in [0.15, 0.2) is 0 Å². The van der Waals surface area contributed by atoms with E-state index in [0.29, 0.717) is 19.0 Å². The highest BCUT2D eigenvalue weighted by Gasteiger charge is 2.34. The lowest BCUT2D eigenvalue weighted by Crippen LogP contribution is -2.25. The molecular formula is C18H25N5O2. The molecule has 7 heteroatoms. The first-order valence-corrected chi connectivity index (χ1v) is 9.11. The van der Waals surface area contributed by atoms with E-state index in [-0.39, 0.29) is 6.04 Å². The molecule has 2 aliphatic rings. The molecule has 3 heterocycles. The number of hydrogen-bond donors (Lipinski definition) is 1. The van der Waals surface area contributed by atoms with Crippen LogP contribution in [0.15, 0.2) is 22.9 Å². The SMILES string of the molecule is COCCNc1ncccc1-c1noc([C@@H]2CCCN2CC2CC2)n1. The largest absolute Gasteiger partial charge is 0.383 e. The summed E-state index contributed by atoms with van der Waals surface area (Å²) in [6.07, 6.45) is 6.79. The van der Waals surface area contributed by atoms with Crippen LogP contribution in [-0.4, -0.2) is 53.4 Å². The minimum atomic E-state index is 0.267. The van der Waals surface area contributed by atoms with E-state index in [2.05, 4.69) is 20.4 Å². The highest BCUT2D eigenvalue weighted by Crippen LogP contribution is 2.37. The lowest BCUT2D eigenvalue weighted by Gasteiger charge is -2.20. The number of nitrogens with zero attached hydrogens (tertiary/aromatic N) is 4. The molecule has 0 amide bonds. The van der Waals surface area contributed by atoms with E-state index in [1.165, 1.54) is 25.8 Å². The molecule has 0 radical (unpaired) electrons. The van der Waals surface area contributed by atoms with Gasteiger partial charge in [-0.05, 0) is 50.3 Å². The Labute approximate surface area is 147 Å². The average molecular weight is 343 g/mol. The number of anilines is 1. The standard InChI is InChI=1S/C18H25N5O2/c1-24-11-9-20-16-14(4-2-8-19-16)17-21-18(25-22-17)15-5-3-10-23(15)12-13-6-7-13/h2,4,8,13,15H,3,5-7,9-12H2,1H3,(H,19,20)/t15-/m0/s1. The van der Waals surface area contributed by atoms with E-state index in [4.69, 9.17) is 14.2 Å². The molecule has 1 saturated heterocycles. The van der Waals surface area contributed by atoms with Crippen molar-refractivity contribution >= 4 is 5.82 Å². The Morgan fingerprint density at radius 2 is 2.28 bits per heavy atom. The van der Waals surface area contributed by atoms with Crippen molar-refractivity contribution in [1.82, 2.24) is 20.0 Å². The molecule has 0 aromatic carbocycles. The Morgan fingerprint density at radius 1 is 1.36 bits per heavy atom. The fraction of sp³-hybridized carbons (Fsp3) is 0.611. The van der Waals surface area contributed by atoms with Gasteiger partial charge in [0.25, 0.3) is 0 Å². The van der Waals surface area contributed by atoms with Crippen LogP contribution in [0.4, 0.5) is 5.82 Å². The number of hydrogen-bond acceptors (Lipinski definition) is 7. The molecule has 1 aliphatic carbocycles. The zero-order chi connectivity index (χ0) is 17.1. The van der Waals surface area contributed by atoms with E-state index in [9.17, 15) is 0 Å². The first kappa shape index (κ1) is 16.5. The predicted octanol–water partition coefficient (Wildman–Crippen LogP) is 2.74. The predicted molar refractivity (Wildman–Crippen MR) is 94.2 cm³/mol. The molecule has 7 nitrogen and oxygen atoms in total. The second-order valence-corrected chi connectivity index (χ2v) is 6.87. The Morgan fingerprint density at radius 3 is 3.12 bits per heavy atom. The topological polar surface area (TPSA) is 76.3 Å². The van der Waals surface area contributed by atoms with Gasteiger partial charge < -0.3 is 14.6 Å². The van der Waals surface area contributed by atoms with Gasteiger partial charge in [-0.15, -0.1) is 0 Å². The van der Waals surface area contributed by atoms with Crippen molar-refractivity contribution in [2.45, 2.75) is 31.7 Å². The molecule has 0 spiro atoms. The first-order valence-electron chi connectivity index (χ1n) is 9.11. The van der Waals surface area contributed by atoms with Gasteiger partial charge in [-0.25, -0.2) is 4.98 Å². The van der Waals surface area contributed by atoms with E-state index < -0.39 is 0 Å². The lowest BCUT2D eigenvalue weighted by atomic mass is 10.2. The summed E-state index contributed by atoms with van der Waals surface area (Å²) in [6.45, 7) is 3.60. The molecule has 2 fully saturated rings. The molecule has 1 atom stereocenters. The minimum Gasteiger partial charge on any atom is -0.383 e. The van der Waals surface area contributed by atoms with Gasteiger partial charge in [0, 0.05) is 26.4 Å².